The van der Waals surface area contributed by atoms with Gasteiger partial charge in [0.25, 0.3) is 11.8 Å². The second kappa shape index (κ2) is 10.3. The third-order valence-electron chi connectivity index (χ3n) is 7.95. The van der Waals surface area contributed by atoms with E-state index in [1.54, 1.807) is 11.3 Å². The van der Waals surface area contributed by atoms with Crippen molar-refractivity contribution in [3.63, 3.8) is 0 Å². The van der Waals surface area contributed by atoms with Gasteiger partial charge in [-0.3, -0.25) is 9.59 Å². The van der Waals surface area contributed by atoms with Crippen molar-refractivity contribution in [1.29, 1.82) is 0 Å². The predicted octanol–water partition coefficient (Wildman–Crippen LogP) is 5.22. The van der Waals surface area contributed by atoms with Crippen molar-refractivity contribution >= 4 is 34.1 Å². The Hall–Kier alpha value is -3.65. The maximum atomic E-state index is 13.3. The number of benzene rings is 2. The quantitative estimate of drug-likeness (QED) is 0.385. The highest BCUT2D eigenvalue weighted by Crippen LogP contribution is 2.32. The monoisotopic (exact) mass is 528 g/mol. The summed E-state index contributed by atoms with van der Waals surface area (Å²) < 4.78 is 5.75. The first-order valence-electron chi connectivity index (χ1n) is 13.3. The molecule has 2 aliphatic rings. The average Bonchev–Trinajstić information content (AvgIpc) is 3.58. The number of para-hydroxylation sites is 1. The van der Waals surface area contributed by atoms with Crippen LogP contribution in [0.3, 0.4) is 0 Å². The van der Waals surface area contributed by atoms with Gasteiger partial charge in [0, 0.05) is 47.5 Å². The molecule has 2 aliphatic heterocycles. The molecule has 0 radical (unpaired) electrons. The summed E-state index contributed by atoms with van der Waals surface area (Å²) in [6.07, 6.45) is 2.54. The largest absolute Gasteiger partial charge is 0.484 e. The van der Waals surface area contributed by atoms with E-state index in [4.69, 9.17) is 9.72 Å². The minimum atomic E-state index is -0.00656. The molecule has 38 heavy (non-hydrogen) atoms. The van der Waals surface area contributed by atoms with Crippen molar-refractivity contribution in [3.8, 4) is 5.75 Å². The van der Waals surface area contributed by atoms with Crippen molar-refractivity contribution in [3.05, 3.63) is 80.9 Å². The van der Waals surface area contributed by atoms with E-state index in [2.05, 4.69) is 30.1 Å². The third-order valence-corrected chi connectivity index (χ3v) is 8.96. The Bertz CT molecular complexity index is 1500. The molecule has 0 saturated carbocycles. The number of amides is 2. The Morgan fingerprint density at radius 3 is 2.68 bits per heavy atom. The minimum absolute atomic E-state index is 0.00656. The SMILES string of the molecule is Cc1ccc(OCC(=O)N2CCC(c3nc(C(=O)N4CCc5c([nH]c6ccccc56)C4)cs3)CC2)cc1C. The van der Waals surface area contributed by atoms with E-state index >= 15 is 0 Å². The van der Waals surface area contributed by atoms with E-state index < -0.39 is 0 Å². The highest BCUT2D eigenvalue weighted by atomic mass is 32.1. The maximum absolute atomic E-state index is 13.3. The number of nitrogens with one attached hydrogen (secondary N) is 1. The van der Waals surface area contributed by atoms with E-state index in [1.165, 1.54) is 16.5 Å². The number of likely N-dealkylation sites (tertiary alicyclic amines) is 1. The molecule has 1 N–H and O–H groups in total. The summed E-state index contributed by atoms with van der Waals surface area (Å²) in [4.78, 5) is 38.0. The summed E-state index contributed by atoms with van der Waals surface area (Å²) in [5, 5.41) is 4.15. The lowest BCUT2D eigenvalue weighted by Gasteiger charge is -2.31. The molecule has 7 nitrogen and oxygen atoms in total. The Balaban J connectivity index is 1.03. The second-order valence-corrected chi connectivity index (χ2v) is 11.3. The van der Waals surface area contributed by atoms with E-state index in [0.717, 1.165) is 46.8 Å². The number of aryl methyl sites for hydroxylation is 2. The smallest absolute Gasteiger partial charge is 0.273 e. The molecule has 0 spiro atoms. The molecule has 196 valence electrons. The molecule has 8 heteroatoms. The van der Waals surface area contributed by atoms with Crippen molar-refractivity contribution in [2.24, 2.45) is 0 Å². The zero-order valence-electron chi connectivity index (χ0n) is 21.8. The molecule has 0 atom stereocenters. The van der Waals surface area contributed by atoms with E-state index in [1.807, 2.05) is 46.4 Å². The number of fused-ring (bicyclic) bond motifs is 3. The number of rotatable bonds is 5. The molecule has 2 aromatic heterocycles. The number of aromatic amines is 1. The fourth-order valence-corrected chi connectivity index (χ4v) is 6.48. The summed E-state index contributed by atoms with van der Waals surface area (Å²) in [5.74, 6) is 1.00. The predicted molar refractivity (Wildman–Crippen MR) is 149 cm³/mol. The molecule has 4 aromatic rings. The first-order valence-corrected chi connectivity index (χ1v) is 14.1. The van der Waals surface area contributed by atoms with Gasteiger partial charge in [-0.25, -0.2) is 4.98 Å². The Morgan fingerprint density at radius 1 is 1.05 bits per heavy atom. The fourth-order valence-electron chi connectivity index (χ4n) is 5.52. The van der Waals surface area contributed by atoms with Crippen LogP contribution in [0.2, 0.25) is 0 Å². The molecule has 4 heterocycles. The topological polar surface area (TPSA) is 78.5 Å². The molecular weight excluding hydrogens is 496 g/mol. The van der Waals surface area contributed by atoms with Crippen LogP contribution in [-0.4, -0.2) is 57.8 Å². The fraction of sp³-hybridized carbons (Fsp3) is 0.367. The number of nitrogens with zero attached hydrogens (tertiary/aromatic N) is 3. The molecule has 1 fully saturated rings. The van der Waals surface area contributed by atoms with Gasteiger partial charge in [0.05, 0.1) is 11.6 Å². The van der Waals surface area contributed by atoms with E-state index in [-0.39, 0.29) is 24.3 Å². The zero-order chi connectivity index (χ0) is 26.2. The van der Waals surface area contributed by atoms with E-state index in [0.29, 0.717) is 31.9 Å². The summed E-state index contributed by atoms with van der Waals surface area (Å²) in [7, 11) is 0. The summed E-state index contributed by atoms with van der Waals surface area (Å²) in [6, 6.07) is 14.2. The van der Waals surface area contributed by atoms with Gasteiger partial charge in [-0.05, 0) is 68.0 Å². The van der Waals surface area contributed by atoms with Crippen LogP contribution in [0.4, 0.5) is 0 Å². The van der Waals surface area contributed by atoms with Gasteiger partial charge in [0.2, 0.25) is 0 Å². The Labute approximate surface area is 226 Å². The van der Waals surface area contributed by atoms with Crippen LogP contribution in [0.25, 0.3) is 10.9 Å². The van der Waals surface area contributed by atoms with Crippen LogP contribution in [0, 0.1) is 13.8 Å². The average molecular weight is 529 g/mol. The number of ether oxygens (including phenoxy) is 1. The number of hydrogen-bond donors (Lipinski definition) is 1. The maximum Gasteiger partial charge on any atom is 0.273 e. The summed E-state index contributed by atoms with van der Waals surface area (Å²) in [6.45, 7) is 6.79. The van der Waals surface area contributed by atoms with Crippen molar-refractivity contribution in [2.75, 3.05) is 26.2 Å². The molecule has 0 aliphatic carbocycles. The van der Waals surface area contributed by atoms with Crippen LogP contribution in [0.1, 0.15) is 56.6 Å². The van der Waals surface area contributed by atoms with Gasteiger partial charge in [-0.15, -0.1) is 11.3 Å². The number of H-pyrrole nitrogens is 1. The van der Waals surface area contributed by atoms with Gasteiger partial charge in [-0.2, -0.15) is 0 Å². The first kappa shape index (κ1) is 24.7. The number of carbonyl (C=O) groups is 2. The highest BCUT2D eigenvalue weighted by molar-refractivity contribution is 7.09. The van der Waals surface area contributed by atoms with Gasteiger partial charge in [-0.1, -0.05) is 24.3 Å². The second-order valence-electron chi connectivity index (χ2n) is 10.4. The number of carbonyl (C=O) groups excluding carboxylic acids is 2. The van der Waals surface area contributed by atoms with Crippen LogP contribution in [-0.2, 0) is 17.8 Å². The normalized spacial score (nSPS) is 16.1. The Morgan fingerprint density at radius 2 is 1.87 bits per heavy atom. The molecule has 2 aromatic carbocycles. The van der Waals surface area contributed by atoms with Crippen LogP contribution >= 0.6 is 11.3 Å². The molecule has 1 saturated heterocycles. The molecule has 0 bridgehead atoms. The van der Waals surface area contributed by atoms with Gasteiger partial charge >= 0.3 is 0 Å². The summed E-state index contributed by atoms with van der Waals surface area (Å²) >= 11 is 1.56. The van der Waals surface area contributed by atoms with Crippen LogP contribution in [0.15, 0.2) is 47.8 Å². The van der Waals surface area contributed by atoms with Crippen LogP contribution in [0.5, 0.6) is 5.75 Å². The summed E-state index contributed by atoms with van der Waals surface area (Å²) in [5.41, 5.74) is 6.47. The lowest BCUT2D eigenvalue weighted by Crippen LogP contribution is -2.40. The van der Waals surface area contributed by atoms with Crippen molar-refractivity contribution in [2.45, 2.75) is 45.6 Å². The molecular formula is C30H32N4O3S. The zero-order valence-corrected chi connectivity index (χ0v) is 22.6. The lowest BCUT2D eigenvalue weighted by molar-refractivity contribution is -0.134. The third kappa shape index (κ3) is 4.80. The number of hydrogen-bond acceptors (Lipinski definition) is 5. The minimum Gasteiger partial charge on any atom is -0.484 e. The first-order chi connectivity index (χ1) is 18.5. The molecule has 6 rings (SSSR count). The highest BCUT2D eigenvalue weighted by Gasteiger charge is 2.29. The number of piperidine rings is 1. The number of thiazole rings is 1. The molecule has 2 amide bonds. The number of aromatic nitrogens is 2. The van der Waals surface area contributed by atoms with Gasteiger partial charge in [0.15, 0.2) is 6.61 Å². The van der Waals surface area contributed by atoms with Crippen molar-refractivity contribution in [1.82, 2.24) is 19.8 Å². The standard InChI is InChI=1S/C30H32N4O3S/c1-19-7-8-22(15-20(19)2)37-17-28(35)33-12-9-21(10-13-33)29-32-27(18-38-29)30(36)34-14-11-24-23-5-3-4-6-25(23)31-26(24)16-34/h3-8,15,18,21,31H,9-14,16-17H2,1-2H3. The lowest BCUT2D eigenvalue weighted by atomic mass is 9.97. The Kier molecular flexibility index (Phi) is 6.66. The van der Waals surface area contributed by atoms with Gasteiger partial charge in [0.1, 0.15) is 11.4 Å². The van der Waals surface area contributed by atoms with Gasteiger partial charge < -0.3 is 19.5 Å². The van der Waals surface area contributed by atoms with Crippen molar-refractivity contribution < 1.29 is 14.3 Å². The molecule has 0 unspecified atom stereocenters. The van der Waals surface area contributed by atoms with E-state index in [9.17, 15) is 9.59 Å². The van der Waals surface area contributed by atoms with Crippen LogP contribution < -0.4 is 4.74 Å².